The van der Waals surface area contributed by atoms with Crippen molar-refractivity contribution in [2.75, 3.05) is 11.5 Å². The van der Waals surface area contributed by atoms with E-state index in [1.165, 1.54) is 0 Å². The Morgan fingerprint density at radius 3 is 2.29 bits per heavy atom. The van der Waals surface area contributed by atoms with E-state index >= 15 is 0 Å². The second-order valence-corrected chi connectivity index (χ2v) is 7.01. The molecule has 0 amide bonds. The molecule has 3 rings (SSSR count). The van der Waals surface area contributed by atoms with Gasteiger partial charge in [0.2, 0.25) is 5.95 Å². The van der Waals surface area contributed by atoms with E-state index in [0.717, 1.165) is 18.7 Å². The maximum absolute atomic E-state index is 6.12. The minimum atomic E-state index is -0.193. The Balaban J connectivity index is 2.02. The summed E-state index contributed by atoms with van der Waals surface area (Å²) in [7, 11) is 0. The zero-order valence-electron chi connectivity index (χ0n) is 12.9. The molecule has 7 nitrogen and oxygen atoms in total. The number of ether oxygens (including phenoxy) is 1. The normalized spacial score (nSPS) is 21.7. The lowest BCUT2D eigenvalue weighted by molar-refractivity contribution is -0.162. The number of fused-ring (bicyclic) bond motifs is 1. The molecule has 21 heavy (non-hydrogen) atoms. The van der Waals surface area contributed by atoms with Crippen LogP contribution in [0.1, 0.15) is 52.3 Å². The monoisotopic (exact) mass is 290 g/mol. The van der Waals surface area contributed by atoms with E-state index in [9.17, 15) is 0 Å². The summed E-state index contributed by atoms with van der Waals surface area (Å²) in [5, 5.41) is 0. The zero-order valence-corrected chi connectivity index (χ0v) is 12.9. The smallest absolute Gasteiger partial charge is 0.224 e. The number of H-pyrrole nitrogens is 1. The van der Waals surface area contributed by atoms with Gasteiger partial charge in [0.15, 0.2) is 17.0 Å². The number of aromatic amines is 1. The lowest BCUT2D eigenvalue weighted by atomic mass is 9.80. The maximum atomic E-state index is 6.12. The molecule has 1 aliphatic heterocycles. The average molecular weight is 290 g/mol. The van der Waals surface area contributed by atoms with Gasteiger partial charge in [0, 0.05) is 5.92 Å². The molecule has 0 unspecified atom stereocenters. The van der Waals surface area contributed by atoms with Gasteiger partial charge in [0.05, 0.1) is 11.2 Å². The van der Waals surface area contributed by atoms with Crippen LogP contribution in [-0.4, -0.2) is 31.1 Å². The van der Waals surface area contributed by atoms with Gasteiger partial charge in [-0.1, -0.05) is 0 Å². The van der Waals surface area contributed by atoms with Crippen molar-refractivity contribution in [1.29, 1.82) is 0 Å². The fraction of sp³-hybridized carbons (Fsp3) is 0.643. The molecule has 0 radical (unpaired) electrons. The molecule has 0 atom stereocenters. The number of hydrogen-bond donors (Lipinski definition) is 3. The molecule has 3 heterocycles. The van der Waals surface area contributed by atoms with E-state index in [-0.39, 0.29) is 23.1 Å². The number of imidazole rings is 1. The molecule has 0 bridgehead atoms. The minimum Gasteiger partial charge on any atom is -0.382 e. The molecule has 2 aromatic rings. The molecule has 7 heteroatoms. The first-order valence-electron chi connectivity index (χ1n) is 7.14. The summed E-state index contributed by atoms with van der Waals surface area (Å²) in [5.41, 5.74) is 12.3. The van der Waals surface area contributed by atoms with Crippen LogP contribution in [0.15, 0.2) is 0 Å². The highest BCUT2D eigenvalue weighted by Crippen LogP contribution is 2.42. The highest BCUT2D eigenvalue weighted by molar-refractivity contribution is 5.82. The molecular weight excluding hydrogens is 268 g/mol. The van der Waals surface area contributed by atoms with E-state index in [4.69, 9.17) is 16.2 Å². The van der Waals surface area contributed by atoms with Crippen molar-refractivity contribution in [2.45, 2.75) is 57.7 Å². The molecule has 0 aliphatic carbocycles. The van der Waals surface area contributed by atoms with E-state index in [0.29, 0.717) is 17.0 Å². The molecule has 0 spiro atoms. The third kappa shape index (κ3) is 2.65. The van der Waals surface area contributed by atoms with Gasteiger partial charge < -0.3 is 21.2 Å². The van der Waals surface area contributed by atoms with Crippen LogP contribution in [0.5, 0.6) is 0 Å². The van der Waals surface area contributed by atoms with Gasteiger partial charge in [0.25, 0.3) is 0 Å². The van der Waals surface area contributed by atoms with E-state index < -0.39 is 0 Å². The molecular formula is C14H22N6O. The number of anilines is 2. The van der Waals surface area contributed by atoms with Crippen LogP contribution < -0.4 is 11.5 Å². The number of nitrogens with zero attached hydrogens (tertiary/aromatic N) is 3. The van der Waals surface area contributed by atoms with Crippen molar-refractivity contribution in [3.63, 3.8) is 0 Å². The maximum Gasteiger partial charge on any atom is 0.224 e. The Kier molecular flexibility index (Phi) is 2.88. The van der Waals surface area contributed by atoms with Crippen molar-refractivity contribution < 1.29 is 4.74 Å². The second kappa shape index (κ2) is 4.30. The molecule has 2 aromatic heterocycles. The number of rotatable bonds is 1. The summed E-state index contributed by atoms with van der Waals surface area (Å²) in [6.45, 7) is 8.43. The van der Waals surface area contributed by atoms with Crippen LogP contribution in [0.25, 0.3) is 11.2 Å². The average Bonchev–Trinajstić information content (AvgIpc) is 2.68. The highest BCUT2D eigenvalue weighted by atomic mass is 16.5. The Bertz CT molecular complexity index is 674. The summed E-state index contributed by atoms with van der Waals surface area (Å²) >= 11 is 0. The summed E-state index contributed by atoms with van der Waals surface area (Å²) in [6, 6.07) is 0. The van der Waals surface area contributed by atoms with Gasteiger partial charge in [0.1, 0.15) is 5.82 Å². The van der Waals surface area contributed by atoms with Gasteiger partial charge in [-0.05, 0) is 40.5 Å². The van der Waals surface area contributed by atoms with Gasteiger partial charge >= 0.3 is 0 Å². The molecule has 1 aliphatic rings. The van der Waals surface area contributed by atoms with Crippen molar-refractivity contribution in [2.24, 2.45) is 0 Å². The largest absolute Gasteiger partial charge is 0.382 e. The quantitative estimate of drug-likeness (QED) is 0.739. The molecule has 1 fully saturated rings. The van der Waals surface area contributed by atoms with E-state index in [1.54, 1.807) is 0 Å². The first kappa shape index (κ1) is 14.1. The summed E-state index contributed by atoms with van der Waals surface area (Å²) < 4.78 is 6.12. The van der Waals surface area contributed by atoms with Crippen molar-refractivity contribution in [3.8, 4) is 0 Å². The SMILES string of the molecule is CC1(C)CC(c2nc3c(N)nc(N)nc3[nH]2)CC(C)(C)O1. The third-order valence-electron chi connectivity index (χ3n) is 3.82. The first-order valence-corrected chi connectivity index (χ1v) is 7.14. The van der Waals surface area contributed by atoms with Gasteiger partial charge in [-0.2, -0.15) is 9.97 Å². The Hall–Kier alpha value is -1.89. The standard InChI is InChI=1S/C14H22N6O/c1-13(2)5-7(6-14(3,4)21-13)10-17-8-9(15)18-12(16)20-11(8)19-10/h7H,5-6H2,1-4H3,(H5,15,16,17,18,19,20). The Labute approximate surface area is 123 Å². The van der Waals surface area contributed by atoms with Crippen molar-refractivity contribution in [3.05, 3.63) is 5.82 Å². The summed E-state index contributed by atoms with van der Waals surface area (Å²) in [5.74, 6) is 1.60. The van der Waals surface area contributed by atoms with Gasteiger partial charge in [-0.15, -0.1) is 0 Å². The summed E-state index contributed by atoms with van der Waals surface area (Å²) in [4.78, 5) is 16.0. The van der Waals surface area contributed by atoms with Crippen LogP contribution >= 0.6 is 0 Å². The first-order chi connectivity index (χ1) is 9.65. The van der Waals surface area contributed by atoms with Crippen molar-refractivity contribution >= 4 is 22.9 Å². The predicted octanol–water partition coefficient (Wildman–Crippen LogP) is 1.97. The number of nitrogens with one attached hydrogen (secondary N) is 1. The molecule has 0 aromatic carbocycles. The van der Waals surface area contributed by atoms with E-state index in [2.05, 4.69) is 47.6 Å². The van der Waals surface area contributed by atoms with Crippen LogP contribution in [0.4, 0.5) is 11.8 Å². The third-order valence-corrected chi connectivity index (χ3v) is 3.82. The highest BCUT2D eigenvalue weighted by Gasteiger charge is 2.41. The lowest BCUT2D eigenvalue weighted by Gasteiger charge is -2.44. The second-order valence-electron chi connectivity index (χ2n) is 7.01. The zero-order chi connectivity index (χ0) is 15.4. The topological polar surface area (TPSA) is 116 Å². The molecule has 5 N–H and O–H groups in total. The van der Waals surface area contributed by atoms with Crippen LogP contribution in [0.2, 0.25) is 0 Å². The van der Waals surface area contributed by atoms with Crippen LogP contribution in [-0.2, 0) is 4.74 Å². The number of nitrogen functional groups attached to an aromatic ring is 2. The van der Waals surface area contributed by atoms with Crippen molar-refractivity contribution in [1.82, 2.24) is 19.9 Å². The number of nitrogens with two attached hydrogens (primary N) is 2. The van der Waals surface area contributed by atoms with Gasteiger partial charge in [-0.25, -0.2) is 4.98 Å². The number of hydrogen-bond acceptors (Lipinski definition) is 6. The fourth-order valence-corrected chi connectivity index (χ4v) is 3.43. The predicted molar refractivity (Wildman–Crippen MR) is 81.7 cm³/mol. The molecule has 0 saturated carbocycles. The Morgan fingerprint density at radius 1 is 1.05 bits per heavy atom. The molecule has 114 valence electrons. The fourth-order valence-electron chi connectivity index (χ4n) is 3.43. The minimum absolute atomic E-state index is 0.155. The van der Waals surface area contributed by atoms with Gasteiger partial charge in [-0.3, -0.25) is 0 Å². The Morgan fingerprint density at radius 2 is 1.67 bits per heavy atom. The summed E-state index contributed by atoms with van der Waals surface area (Å²) in [6.07, 6.45) is 1.78. The molecule has 1 saturated heterocycles. The van der Waals surface area contributed by atoms with E-state index in [1.807, 2.05) is 0 Å². The van der Waals surface area contributed by atoms with Crippen LogP contribution in [0, 0.1) is 0 Å². The lowest BCUT2D eigenvalue weighted by Crippen LogP contribution is -2.44. The van der Waals surface area contributed by atoms with Crippen LogP contribution in [0.3, 0.4) is 0 Å². The number of aromatic nitrogens is 4.